The Morgan fingerprint density at radius 2 is 1.62 bits per heavy atom. The van der Waals surface area contributed by atoms with Crippen LogP contribution in [0.4, 0.5) is 5.69 Å². The normalized spacial score (nSPS) is 26.1. The molecule has 0 radical (unpaired) electrons. The molecule has 1 saturated heterocycles. The maximum absolute atomic E-state index is 12.5. The van der Waals surface area contributed by atoms with Crippen molar-refractivity contribution in [3.63, 3.8) is 0 Å². The second-order valence-corrected chi connectivity index (χ2v) is 5.74. The number of amides is 2. The van der Waals surface area contributed by atoms with Gasteiger partial charge in [0.05, 0.1) is 23.2 Å². The van der Waals surface area contributed by atoms with Crippen LogP contribution in [-0.4, -0.2) is 22.7 Å². The van der Waals surface area contributed by atoms with Crippen LogP contribution in [0.1, 0.15) is 38.2 Å². The molecular weight excluding hydrogens is 268 g/mol. The average Bonchev–Trinajstić information content (AvgIpc) is 2.79. The van der Waals surface area contributed by atoms with Gasteiger partial charge in [0.1, 0.15) is 0 Å². The van der Waals surface area contributed by atoms with Crippen molar-refractivity contribution >= 4 is 23.2 Å². The van der Waals surface area contributed by atoms with Crippen LogP contribution in [0.15, 0.2) is 29.4 Å². The van der Waals surface area contributed by atoms with Crippen molar-refractivity contribution in [2.75, 3.05) is 4.90 Å². The molecule has 1 N–H and O–H groups in total. The number of carbonyl (C=O) groups excluding carboxylic acids is 2. The highest BCUT2D eigenvalue weighted by Crippen LogP contribution is 2.39. The summed E-state index contributed by atoms with van der Waals surface area (Å²) < 4.78 is 0. The van der Waals surface area contributed by atoms with Gasteiger partial charge in [-0.05, 0) is 37.5 Å². The quantitative estimate of drug-likeness (QED) is 0.393. The zero-order chi connectivity index (χ0) is 15.0. The van der Waals surface area contributed by atoms with E-state index >= 15 is 0 Å². The predicted octanol–water partition coefficient (Wildman–Crippen LogP) is 2.56. The lowest BCUT2D eigenvalue weighted by Crippen LogP contribution is -2.30. The molecule has 1 saturated carbocycles. The Bertz CT molecular complexity index is 582. The highest BCUT2D eigenvalue weighted by atomic mass is 16.4. The second kappa shape index (κ2) is 5.31. The van der Waals surface area contributed by atoms with Crippen molar-refractivity contribution in [3.8, 4) is 0 Å². The van der Waals surface area contributed by atoms with Gasteiger partial charge in [-0.3, -0.25) is 14.5 Å². The maximum atomic E-state index is 12.5. The largest absolute Gasteiger partial charge is 0.411 e. The van der Waals surface area contributed by atoms with E-state index in [0.717, 1.165) is 31.2 Å². The molecule has 5 heteroatoms. The first kappa shape index (κ1) is 13.8. The number of imide groups is 1. The maximum Gasteiger partial charge on any atom is 0.237 e. The molecule has 0 spiro atoms. The predicted molar refractivity (Wildman–Crippen MR) is 78.4 cm³/mol. The van der Waals surface area contributed by atoms with Gasteiger partial charge in [0.25, 0.3) is 0 Å². The second-order valence-electron chi connectivity index (χ2n) is 5.74. The Balaban J connectivity index is 1.89. The lowest BCUT2D eigenvalue weighted by molar-refractivity contribution is -0.122. The third-order valence-corrected chi connectivity index (χ3v) is 4.53. The number of carbonyl (C=O) groups is 2. The van der Waals surface area contributed by atoms with Gasteiger partial charge in [0.15, 0.2) is 0 Å². The summed E-state index contributed by atoms with van der Waals surface area (Å²) in [6.07, 6.45) is 3.69. The van der Waals surface area contributed by atoms with E-state index in [2.05, 4.69) is 5.16 Å². The van der Waals surface area contributed by atoms with E-state index in [1.165, 1.54) is 4.90 Å². The summed E-state index contributed by atoms with van der Waals surface area (Å²) in [5.41, 5.74) is 1.86. The summed E-state index contributed by atoms with van der Waals surface area (Å²) in [6.45, 7) is 1.69. The number of rotatable bonds is 2. The van der Waals surface area contributed by atoms with E-state index in [-0.39, 0.29) is 23.7 Å². The SMILES string of the molecule is C/C(=N/O)c1ccc(N2C(=O)[C@@H]3CCCC[C@H]3C2=O)cc1. The number of oxime groups is 1. The highest BCUT2D eigenvalue weighted by molar-refractivity contribution is 6.22. The average molecular weight is 286 g/mol. The molecule has 0 aromatic heterocycles. The van der Waals surface area contributed by atoms with E-state index < -0.39 is 0 Å². The number of nitrogens with zero attached hydrogens (tertiary/aromatic N) is 2. The van der Waals surface area contributed by atoms with Gasteiger partial charge in [0.2, 0.25) is 11.8 Å². The molecule has 0 bridgehead atoms. The van der Waals surface area contributed by atoms with Gasteiger partial charge in [-0.2, -0.15) is 0 Å². The number of hydrogen-bond donors (Lipinski definition) is 1. The van der Waals surface area contributed by atoms with Crippen molar-refractivity contribution in [1.29, 1.82) is 0 Å². The lowest BCUT2D eigenvalue weighted by Gasteiger charge is -2.19. The van der Waals surface area contributed by atoms with Crippen LogP contribution in [0.25, 0.3) is 0 Å². The highest BCUT2D eigenvalue weighted by Gasteiger charge is 2.48. The molecule has 1 aliphatic heterocycles. The molecule has 21 heavy (non-hydrogen) atoms. The van der Waals surface area contributed by atoms with Crippen LogP contribution < -0.4 is 4.90 Å². The van der Waals surface area contributed by atoms with Crippen LogP contribution in [0.3, 0.4) is 0 Å². The standard InChI is InChI=1S/C16H18N2O3/c1-10(17-21)11-6-8-12(9-7-11)18-15(19)13-4-2-3-5-14(13)16(18)20/h6-9,13-14,21H,2-5H2,1H3/b17-10-/t13-,14-/m1/s1. The molecule has 2 atom stereocenters. The summed E-state index contributed by atoms with van der Waals surface area (Å²) in [7, 11) is 0. The fraction of sp³-hybridized carbons (Fsp3) is 0.438. The third-order valence-electron chi connectivity index (χ3n) is 4.53. The number of anilines is 1. The zero-order valence-electron chi connectivity index (χ0n) is 12.0. The van der Waals surface area contributed by atoms with Crippen LogP contribution in [0.2, 0.25) is 0 Å². The van der Waals surface area contributed by atoms with Gasteiger partial charge >= 0.3 is 0 Å². The zero-order valence-corrected chi connectivity index (χ0v) is 12.0. The monoisotopic (exact) mass is 286 g/mol. The van der Waals surface area contributed by atoms with Crippen molar-refractivity contribution in [2.24, 2.45) is 17.0 Å². The van der Waals surface area contributed by atoms with E-state index in [4.69, 9.17) is 5.21 Å². The minimum absolute atomic E-state index is 0.0648. The molecule has 1 aromatic rings. The van der Waals surface area contributed by atoms with Crippen molar-refractivity contribution < 1.29 is 14.8 Å². The Morgan fingerprint density at radius 1 is 1.10 bits per heavy atom. The first-order valence-electron chi connectivity index (χ1n) is 7.30. The van der Waals surface area contributed by atoms with Gasteiger partial charge < -0.3 is 5.21 Å². The molecule has 1 aromatic carbocycles. The van der Waals surface area contributed by atoms with Crippen LogP contribution in [0.5, 0.6) is 0 Å². The lowest BCUT2D eigenvalue weighted by atomic mass is 9.81. The molecule has 110 valence electrons. The van der Waals surface area contributed by atoms with Crippen LogP contribution in [0, 0.1) is 11.8 Å². The van der Waals surface area contributed by atoms with Crippen LogP contribution in [-0.2, 0) is 9.59 Å². The Kier molecular flexibility index (Phi) is 3.49. The fourth-order valence-corrected chi connectivity index (χ4v) is 3.33. The number of benzene rings is 1. The molecule has 5 nitrogen and oxygen atoms in total. The van der Waals surface area contributed by atoms with E-state index in [9.17, 15) is 9.59 Å². The molecule has 1 aliphatic carbocycles. The van der Waals surface area contributed by atoms with E-state index in [1.54, 1.807) is 31.2 Å². The van der Waals surface area contributed by atoms with E-state index in [1.807, 2.05) is 0 Å². The Labute approximate surface area is 123 Å². The minimum atomic E-state index is -0.133. The summed E-state index contributed by atoms with van der Waals surface area (Å²) >= 11 is 0. The summed E-state index contributed by atoms with van der Waals surface area (Å²) in [4.78, 5) is 26.3. The molecular formula is C16H18N2O3. The summed E-state index contributed by atoms with van der Waals surface area (Å²) in [5.74, 6) is -0.395. The molecule has 1 heterocycles. The molecule has 2 aliphatic rings. The van der Waals surface area contributed by atoms with E-state index in [0.29, 0.717) is 11.4 Å². The minimum Gasteiger partial charge on any atom is -0.411 e. The number of fused-ring (bicyclic) bond motifs is 1. The first-order valence-corrected chi connectivity index (χ1v) is 7.30. The van der Waals surface area contributed by atoms with Gasteiger partial charge in [-0.25, -0.2) is 0 Å². The van der Waals surface area contributed by atoms with Crippen LogP contribution >= 0.6 is 0 Å². The van der Waals surface area contributed by atoms with Crippen molar-refractivity contribution in [3.05, 3.63) is 29.8 Å². The number of hydrogen-bond acceptors (Lipinski definition) is 4. The molecule has 0 unspecified atom stereocenters. The van der Waals surface area contributed by atoms with Crippen molar-refractivity contribution in [2.45, 2.75) is 32.6 Å². The third kappa shape index (κ3) is 2.22. The fourth-order valence-electron chi connectivity index (χ4n) is 3.33. The molecule has 3 rings (SSSR count). The van der Waals surface area contributed by atoms with Gasteiger partial charge in [-0.15, -0.1) is 0 Å². The smallest absolute Gasteiger partial charge is 0.237 e. The summed E-state index contributed by atoms with van der Waals surface area (Å²) in [5, 5.41) is 11.9. The molecule has 2 amide bonds. The Morgan fingerprint density at radius 3 is 2.10 bits per heavy atom. The van der Waals surface area contributed by atoms with Crippen molar-refractivity contribution in [1.82, 2.24) is 0 Å². The molecule has 2 fully saturated rings. The topological polar surface area (TPSA) is 70.0 Å². The Hall–Kier alpha value is -2.17. The first-order chi connectivity index (χ1) is 10.1. The van der Waals surface area contributed by atoms with Gasteiger partial charge in [-0.1, -0.05) is 30.1 Å². The summed E-state index contributed by atoms with van der Waals surface area (Å²) in [6, 6.07) is 6.98. The van der Waals surface area contributed by atoms with Gasteiger partial charge in [0, 0.05) is 0 Å².